The van der Waals surface area contributed by atoms with Gasteiger partial charge in [-0.2, -0.15) is 0 Å². The van der Waals surface area contributed by atoms with Crippen molar-refractivity contribution in [3.05, 3.63) is 108 Å². The Morgan fingerprint density at radius 3 is 1.33 bits per heavy atom. The summed E-state index contributed by atoms with van der Waals surface area (Å²) in [7, 11) is 2.90. The van der Waals surface area contributed by atoms with E-state index in [1.165, 1.54) is 28.8 Å². The summed E-state index contributed by atoms with van der Waals surface area (Å²) in [5, 5.41) is 30.6. The number of hydrogen-bond donors (Lipinski definition) is 8. The lowest BCUT2D eigenvalue weighted by Crippen LogP contribution is -2.60. The van der Waals surface area contributed by atoms with Crippen molar-refractivity contribution in [2.45, 2.75) is 191 Å². The highest BCUT2D eigenvalue weighted by Crippen LogP contribution is 2.37. The SMILES string of the molecule is CCC(C(=O)NC1C(=O)N2C(CCC1CO)CCC2C(=O)NC(C(=O)NCCOCCOCCOCCNC(=O)COCC(=O)NCC1CCC2CCC(C(=O)NC(c3ccccc3)c3ccccc3)N2C(=O)C1NC(=O)C(CC)N(C)C(=O)OC(C)(C)C)c1ccccc1)N(C)C(=O)OC(C)(C)C. The molecule has 4 saturated heterocycles. The van der Waals surface area contributed by atoms with E-state index < -0.39 is 151 Å². The molecule has 4 aliphatic heterocycles. The predicted molar refractivity (Wildman–Crippen MR) is 382 cm³/mol. The molecule has 4 fully saturated rings. The molecule has 104 heavy (non-hydrogen) atoms. The van der Waals surface area contributed by atoms with Crippen LogP contribution in [-0.4, -0.2) is 243 Å². The summed E-state index contributed by atoms with van der Waals surface area (Å²) < 4.78 is 33.4. The van der Waals surface area contributed by atoms with Gasteiger partial charge in [-0.3, -0.25) is 53.0 Å². The van der Waals surface area contributed by atoms with Crippen LogP contribution in [0.15, 0.2) is 91.0 Å². The van der Waals surface area contributed by atoms with E-state index in [-0.39, 0.29) is 90.1 Å². The van der Waals surface area contributed by atoms with Gasteiger partial charge in [0.2, 0.25) is 53.2 Å². The van der Waals surface area contributed by atoms with E-state index in [1.807, 2.05) is 60.7 Å². The number of nitrogens with one attached hydrogen (secondary N) is 7. The zero-order valence-corrected chi connectivity index (χ0v) is 61.8. The molecule has 572 valence electrons. The van der Waals surface area contributed by atoms with E-state index in [9.17, 15) is 53.1 Å². The van der Waals surface area contributed by atoms with Gasteiger partial charge in [0.1, 0.15) is 66.7 Å². The molecular formula is C75H109N11O18. The van der Waals surface area contributed by atoms with Crippen molar-refractivity contribution < 1.29 is 86.3 Å². The number of rotatable bonds is 35. The highest BCUT2D eigenvalue weighted by molar-refractivity contribution is 5.97. The minimum absolute atomic E-state index is 0.0576. The number of nitrogens with zero attached hydrogens (tertiary/aromatic N) is 4. The number of aliphatic hydroxyl groups excluding tert-OH is 1. The van der Waals surface area contributed by atoms with Gasteiger partial charge in [0.15, 0.2) is 0 Å². The van der Waals surface area contributed by atoms with E-state index in [4.69, 9.17) is 28.4 Å². The van der Waals surface area contributed by atoms with Gasteiger partial charge in [0.05, 0.1) is 45.7 Å². The third-order valence-corrected chi connectivity index (χ3v) is 19.0. The Bertz CT molecular complexity index is 3300. The third-order valence-electron chi connectivity index (χ3n) is 19.0. The van der Waals surface area contributed by atoms with Crippen LogP contribution in [0.1, 0.15) is 148 Å². The molecule has 3 aromatic rings. The minimum atomic E-state index is -1.20. The zero-order chi connectivity index (χ0) is 75.7. The number of carbonyl (C=O) groups excluding carboxylic acids is 11. The van der Waals surface area contributed by atoms with Crippen LogP contribution in [0.5, 0.6) is 0 Å². The molecule has 0 aromatic heterocycles. The van der Waals surface area contributed by atoms with Gasteiger partial charge in [0.25, 0.3) is 0 Å². The molecule has 4 aliphatic rings. The Morgan fingerprint density at radius 2 is 0.885 bits per heavy atom. The average Bonchev–Trinajstić information content (AvgIpc) is 1.61. The molecule has 11 atom stereocenters. The number of aliphatic hydroxyl groups is 1. The van der Waals surface area contributed by atoms with Gasteiger partial charge in [-0.25, -0.2) is 9.59 Å². The van der Waals surface area contributed by atoms with Crippen LogP contribution < -0.4 is 37.2 Å². The summed E-state index contributed by atoms with van der Waals surface area (Å²) in [6.45, 7) is 13.7. The molecule has 0 saturated carbocycles. The Balaban J connectivity index is 0.801. The molecule has 0 radical (unpaired) electrons. The fraction of sp³-hybridized carbons (Fsp3) is 0.613. The van der Waals surface area contributed by atoms with E-state index >= 15 is 4.79 Å². The van der Waals surface area contributed by atoms with Crippen LogP contribution in [0.25, 0.3) is 0 Å². The van der Waals surface area contributed by atoms with Gasteiger partial charge in [-0.05, 0) is 122 Å². The maximum Gasteiger partial charge on any atom is 0.410 e. The van der Waals surface area contributed by atoms with Crippen LogP contribution in [0, 0.1) is 11.8 Å². The fourth-order valence-corrected chi connectivity index (χ4v) is 13.7. The van der Waals surface area contributed by atoms with Crippen LogP contribution in [-0.2, 0) is 71.6 Å². The molecule has 29 heteroatoms. The van der Waals surface area contributed by atoms with Crippen LogP contribution in [0.2, 0.25) is 0 Å². The van der Waals surface area contributed by atoms with Crippen molar-refractivity contribution in [3.8, 4) is 0 Å². The van der Waals surface area contributed by atoms with Crippen LogP contribution in [0.4, 0.5) is 9.59 Å². The maximum absolute atomic E-state index is 15.0. The second-order valence-corrected chi connectivity index (χ2v) is 28.7. The zero-order valence-electron chi connectivity index (χ0n) is 61.8. The molecule has 0 aliphatic carbocycles. The lowest BCUT2D eigenvalue weighted by atomic mass is 9.92. The summed E-state index contributed by atoms with van der Waals surface area (Å²) >= 11 is 0. The van der Waals surface area contributed by atoms with Gasteiger partial charge >= 0.3 is 12.2 Å². The number of benzene rings is 3. The topological polar surface area (TPSA) is 361 Å². The molecule has 7 rings (SSSR count). The Morgan fingerprint density at radius 1 is 0.490 bits per heavy atom. The maximum atomic E-state index is 15.0. The van der Waals surface area contributed by atoms with E-state index in [0.717, 1.165) is 11.1 Å². The molecule has 11 amide bonds. The number of hydrogen-bond acceptors (Lipinski definition) is 18. The van der Waals surface area contributed by atoms with E-state index in [2.05, 4.69) is 37.2 Å². The monoisotopic (exact) mass is 1450 g/mol. The third kappa shape index (κ3) is 23.9. The predicted octanol–water partition coefficient (Wildman–Crippen LogP) is 3.96. The molecular weight excluding hydrogens is 1340 g/mol. The second kappa shape index (κ2) is 39.9. The number of ether oxygens (including phenoxy) is 6. The van der Waals surface area contributed by atoms with Crippen molar-refractivity contribution in [3.63, 3.8) is 0 Å². The van der Waals surface area contributed by atoms with Gasteiger partial charge < -0.3 is 80.5 Å². The smallest absolute Gasteiger partial charge is 0.410 e. The van der Waals surface area contributed by atoms with Crippen molar-refractivity contribution in [2.75, 3.05) is 93.2 Å². The first-order valence-corrected chi connectivity index (χ1v) is 36.3. The number of amides is 11. The van der Waals surface area contributed by atoms with Crippen molar-refractivity contribution in [1.29, 1.82) is 0 Å². The summed E-state index contributed by atoms with van der Waals surface area (Å²) in [6.07, 6.45) is 2.45. The fourth-order valence-electron chi connectivity index (χ4n) is 13.7. The number of carbonyl (C=O) groups is 11. The normalized spacial score (nSPS) is 21.2. The largest absolute Gasteiger partial charge is 0.444 e. The minimum Gasteiger partial charge on any atom is -0.444 e. The summed E-state index contributed by atoms with van der Waals surface area (Å²) in [6, 6.07) is 19.2. The lowest BCUT2D eigenvalue weighted by Gasteiger charge is -2.34. The summed E-state index contributed by atoms with van der Waals surface area (Å²) in [5.41, 5.74) is 0.567. The lowest BCUT2D eigenvalue weighted by molar-refractivity contribution is -0.145. The first-order valence-electron chi connectivity index (χ1n) is 36.3. The number of fused-ring (bicyclic) bond motifs is 2. The van der Waals surface area contributed by atoms with Crippen molar-refractivity contribution in [1.82, 2.24) is 56.8 Å². The second-order valence-electron chi connectivity index (χ2n) is 28.7. The van der Waals surface area contributed by atoms with Crippen LogP contribution >= 0.6 is 0 Å². The first kappa shape index (κ1) is 82.5. The van der Waals surface area contributed by atoms with Gasteiger partial charge in [0, 0.05) is 64.3 Å². The standard InChI is InChI=1S/C75H109N11O18/c1-11-55(83(9)72(97)103-74(3,4)5)65(90)81-63-51(28-30-53-32-34-57(85(53)70(63)95)67(92)79-61(48-22-16-13-17-23-48)49-24-18-14-19-25-49)44-78-60(89)47-102-46-59(88)76-36-38-99-40-42-101-43-41-100-39-37-77-69(94)62(50-26-20-15-21-27-50)80-68(93)58-35-33-54-31-29-52(45-87)64(71(96)86(54)58)82-66(91)56(12-2)84(10)73(98)104-75(6,7)8/h13-27,51-58,61-64,87H,11-12,28-47H2,1-10H3,(H,76,88)(H,77,94)(H,78,89)(H,79,92)(H,80,93)(H,81,90)(H,82,91). The Labute approximate surface area is 609 Å². The summed E-state index contributed by atoms with van der Waals surface area (Å²) in [5.74, 6) is -6.00. The number of likely N-dealkylation sites (N-methyl/N-ethyl adjacent to an activating group) is 2. The molecule has 29 nitrogen and oxygen atoms in total. The van der Waals surface area contributed by atoms with Gasteiger partial charge in [-0.15, -0.1) is 0 Å². The molecule has 8 N–H and O–H groups in total. The molecule has 4 heterocycles. The first-order chi connectivity index (χ1) is 49.6. The summed E-state index contributed by atoms with van der Waals surface area (Å²) in [4.78, 5) is 158. The molecule has 11 unspecified atom stereocenters. The molecule has 0 spiro atoms. The van der Waals surface area contributed by atoms with E-state index in [0.29, 0.717) is 56.9 Å². The molecule has 0 bridgehead atoms. The van der Waals surface area contributed by atoms with Crippen molar-refractivity contribution >= 4 is 65.4 Å². The highest BCUT2D eigenvalue weighted by Gasteiger charge is 2.51. The average molecular weight is 1450 g/mol. The molecule has 3 aromatic carbocycles. The Hall–Kier alpha value is -8.77. The highest BCUT2D eigenvalue weighted by atomic mass is 16.6. The Kier molecular flexibility index (Phi) is 31.7. The van der Waals surface area contributed by atoms with Gasteiger partial charge in [-0.1, -0.05) is 105 Å². The van der Waals surface area contributed by atoms with E-state index in [1.54, 1.807) is 90.6 Å². The van der Waals surface area contributed by atoms with Crippen LogP contribution in [0.3, 0.4) is 0 Å². The quantitative estimate of drug-likeness (QED) is 0.0386. The van der Waals surface area contributed by atoms with Crippen molar-refractivity contribution in [2.24, 2.45) is 11.8 Å².